The summed E-state index contributed by atoms with van der Waals surface area (Å²) in [6.07, 6.45) is 14.0. The van der Waals surface area contributed by atoms with Crippen molar-refractivity contribution in [2.45, 2.75) is 116 Å². The number of H-pyrrole nitrogens is 1. The standard InChI is InChI=1S/C30H48N4O3/c1-19(8-6-16-29(3,4)37)24-13-14-25-21(9-7-17-30(24,25)5)10-11-22-18-26(35)23(28(36)20(22)2)12-15-27-31-33-34-32-27/h10-11,19,23-26,28,35-37H,2,6-9,12-18H2,1,3-5H3,(H,31,32,33,34)/b21-10+,22-11-/t19-,23+,24-,25+,26-,28-,30-/m1/s1. The average Bonchev–Trinajstić information content (AvgIpc) is 3.47. The van der Waals surface area contributed by atoms with Crippen molar-refractivity contribution in [3.63, 3.8) is 0 Å². The summed E-state index contributed by atoms with van der Waals surface area (Å²) in [5.74, 6) is 2.32. The lowest BCUT2D eigenvalue weighted by Crippen LogP contribution is -2.39. The Hall–Kier alpha value is -1.83. The molecule has 1 heterocycles. The highest BCUT2D eigenvalue weighted by Gasteiger charge is 2.50. The first-order valence-corrected chi connectivity index (χ1v) is 14.4. The number of tetrazole rings is 1. The Bertz CT molecular complexity index is 979. The summed E-state index contributed by atoms with van der Waals surface area (Å²) in [6, 6.07) is 0. The molecule has 4 N–H and O–H groups in total. The normalized spacial score (nSPS) is 35.8. The number of allylic oxidation sites excluding steroid dienone is 3. The van der Waals surface area contributed by atoms with Crippen LogP contribution in [-0.4, -0.2) is 53.8 Å². The van der Waals surface area contributed by atoms with Gasteiger partial charge in [-0.25, -0.2) is 0 Å². The van der Waals surface area contributed by atoms with Crippen molar-refractivity contribution >= 4 is 0 Å². The fraction of sp³-hybridized carbons (Fsp3) is 0.767. The molecule has 3 fully saturated rings. The van der Waals surface area contributed by atoms with Gasteiger partial charge in [0.1, 0.15) is 0 Å². The third kappa shape index (κ3) is 6.43. The molecule has 0 bridgehead atoms. The van der Waals surface area contributed by atoms with E-state index in [0.29, 0.717) is 42.3 Å². The fourth-order valence-corrected chi connectivity index (χ4v) is 7.76. The number of aliphatic hydroxyl groups excluding tert-OH is 2. The summed E-state index contributed by atoms with van der Waals surface area (Å²) in [4.78, 5) is 0. The quantitative estimate of drug-likeness (QED) is 0.367. The SMILES string of the molecule is C=C1/C(=C\C=C2/CCC[C@]3(C)[C@@H]([C@H](C)CCCC(C)(C)O)CC[C@@H]23)C[C@@H](O)[C@H](CCc2nn[nH]n2)[C@@H]1O. The van der Waals surface area contributed by atoms with Crippen LogP contribution < -0.4 is 0 Å². The molecule has 0 spiro atoms. The number of aromatic amines is 1. The van der Waals surface area contributed by atoms with Crippen molar-refractivity contribution < 1.29 is 15.3 Å². The van der Waals surface area contributed by atoms with Crippen molar-refractivity contribution in [1.29, 1.82) is 0 Å². The lowest BCUT2D eigenvalue weighted by Gasteiger charge is -2.44. The van der Waals surface area contributed by atoms with E-state index in [1.165, 1.54) is 37.7 Å². The van der Waals surface area contributed by atoms with Crippen LogP contribution in [0.4, 0.5) is 0 Å². The van der Waals surface area contributed by atoms with Gasteiger partial charge in [-0.15, -0.1) is 10.2 Å². The van der Waals surface area contributed by atoms with Crippen molar-refractivity contribution in [2.24, 2.45) is 29.1 Å². The lowest BCUT2D eigenvalue weighted by molar-refractivity contribution is 0.0141. The van der Waals surface area contributed by atoms with Gasteiger partial charge in [-0.05, 0) is 99.5 Å². The molecule has 3 aliphatic rings. The number of aryl methyl sites for hydroxylation is 1. The summed E-state index contributed by atoms with van der Waals surface area (Å²) >= 11 is 0. The van der Waals surface area contributed by atoms with Crippen LogP contribution in [0.2, 0.25) is 0 Å². The second-order valence-corrected chi connectivity index (χ2v) is 13.0. The molecule has 0 aromatic carbocycles. The van der Waals surface area contributed by atoms with Gasteiger partial charge in [0.05, 0.1) is 17.8 Å². The Balaban J connectivity index is 1.41. The number of fused-ring (bicyclic) bond motifs is 1. The summed E-state index contributed by atoms with van der Waals surface area (Å²) in [7, 11) is 0. The third-order valence-electron chi connectivity index (χ3n) is 9.86. The highest BCUT2D eigenvalue weighted by Crippen LogP contribution is 2.60. The number of aromatic nitrogens is 4. The molecule has 206 valence electrons. The second-order valence-electron chi connectivity index (χ2n) is 13.0. The minimum atomic E-state index is -0.766. The molecule has 7 heteroatoms. The van der Waals surface area contributed by atoms with E-state index in [1.807, 2.05) is 13.8 Å². The summed E-state index contributed by atoms with van der Waals surface area (Å²) in [5.41, 5.74) is 2.98. The van der Waals surface area contributed by atoms with E-state index in [0.717, 1.165) is 36.3 Å². The van der Waals surface area contributed by atoms with Crippen molar-refractivity contribution in [3.8, 4) is 0 Å². The number of hydrogen-bond donors (Lipinski definition) is 4. The zero-order valence-corrected chi connectivity index (χ0v) is 23.3. The minimum absolute atomic E-state index is 0.276. The van der Waals surface area contributed by atoms with Crippen molar-refractivity contribution in [2.75, 3.05) is 0 Å². The molecule has 0 unspecified atom stereocenters. The Morgan fingerprint density at radius 1 is 1.24 bits per heavy atom. The minimum Gasteiger partial charge on any atom is -0.392 e. The molecule has 1 aromatic rings. The monoisotopic (exact) mass is 512 g/mol. The maximum atomic E-state index is 11.0. The van der Waals surface area contributed by atoms with Crippen molar-refractivity contribution in [3.05, 3.63) is 41.3 Å². The van der Waals surface area contributed by atoms with Crippen LogP contribution in [0.25, 0.3) is 0 Å². The summed E-state index contributed by atoms with van der Waals surface area (Å²) in [6.45, 7) is 13.0. The van der Waals surface area contributed by atoms with Crippen LogP contribution >= 0.6 is 0 Å². The first-order chi connectivity index (χ1) is 17.5. The molecule has 4 rings (SSSR count). The maximum Gasteiger partial charge on any atom is 0.174 e. The first-order valence-electron chi connectivity index (χ1n) is 14.4. The molecule has 3 saturated carbocycles. The van der Waals surface area contributed by atoms with Gasteiger partial charge < -0.3 is 15.3 Å². The largest absolute Gasteiger partial charge is 0.392 e. The van der Waals surface area contributed by atoms with Gasteiger partial charge in [0.15, 0.2) is 5.82 Å². The molecular weight excluding hydrogens is 464 g/mol. The highest BCUT2D eigenvalue weighted by atomic mass is 16.3. The van der Waals surface area contributed by atoms with E-state index in [9.17, 15) is 15.3 Å². The molecule has 3 aliphatic carbocycles. The molecule has 1 aromatic heterocycles. The van der Waals surface area contributed by atoms with Gasteiger partial charge in [-0.2, -0.15) is 5.21 Å². The average molecular weight is 513 g/mol. The van der Waals surface area contributed by atoms with Gasteiger partial charge in [0.2, 0.25) is 0 Å². The zero-order chi connectivity index (χ0) is 26.8. The summed E-state index contributed by atoms with van der Waals surface area (Å²) in [5, 5.41) is 45.9. The molecule has 7 nitrogen and oxygen atoms in total. The van der Waals surface area contributed by atoms with Crippen LogP contribution in [-0.2, 0) is 6.42 Å². The van der Waals surface area contributed by atoms with Gasteiger partial charge in [0.25, 0.3) is 0 Å². The summed E-state index contributed by atoms with van der Waals surface area (Å²) < 4.78 is 0. The van der Waals surface area contributed by atoms with Crippen LogP contribution in [0.15, 0.2) is 35.5 Å². The number of aliphatic hydroxyl groups is 3. The van der Waals surface area contributed by atoms with Crippen molar-refractivity contribution in [1.82, 2.24) is 20.6 Å². The van der Waals surface area contributed by atoms with Gasteiger partial charge in [0, 0.05) is 12.3 Å². The van der Waals surface area contributed by atoms with Gasteiger partial charge in [-0.1, -0.05) is 56.2 Å². The molecule has 0 amide bonds. The molecule has 0 radical (unpaired) electrons. The molecular formula is C30H48N4O3. The van der Waals surface area contributed by atoms with E-state index in [2.05, 4.69) is 53.2 Å². The number of nitrogens with one attached hydrogen (secondary N) is 1. The van der Waals surface area contributed by atoms with E-state index in [-0.39, 0.29) is 5.92 Å². The number of rotatable bonds is 9. The Labute approximate surface area is 222 Å². The maximum absolute atomic E-state index is 11.0. The molecule has 7 atom stereocenters. The Morgan fingerprint density at radius 2 is 2.03 bits per heavy atom. The van der Waals surface area contributed by atoms with E-state index in [4.69, 9.17) is 0 Å². The fourth-order valence-electron chi connectivity index (χ4n) is 7.76. The smallest absolute Gasteiger partial charge is 0.174 e. The predicted molar refractivity (Wildman–Crippen MR) is 145 cm³/mol. The topological polar surface area (TPSA) is 115 Å². The number of nitrogens with zero attached hydrogens (tertiary/aromatic N) is 3. The Kier molecular flexibility index (Phi) is 8.76. The number of hydrogen-bond acceptors (Lipinski definition) is 6. The van der Waals surface area contributed by atoms with E-state index < -0.39 is 17.8 Å². The first kappa shape index (κ1) is 28.2. The zero-order valence-electron chi connectivity index (χ0n) is 23.3. The molecule has 0 saturated heterocycles. The van der Waals surface area contributed by atoms with E-state index in [1.54, 1.807) is 0 Å². The van der Waals surface area contributed by atoms with Crippen LogP contribution in [0.3, 0.4) is 0 Å². The van der Waals surface area contributed by atoms with E-state index >= 15 is 0 Å². The molecule has 37 heavy (non-hydrogen) atoms. The second kappa shape index (κ2) is 11.5. The van der Waals surface area contributed by atoms with Crippen LogP contribution in [0, 0.1) is 29.1 Å². The third-order valence-corrected chi connectivity index (χ3v) is 9.86. The Morgan fingerprint density at radius 3 is 2.73 bits per heavy atom. The van der Waals surface area contributed by atoms with Gasteiger partial charge >= 0.3 is 0 Å². The predicted octanol–water partition coefficient (Wildman–Crippen LogP) is 5.08. The van der Waals surface area contributed by atoms with Crippen LogP contribution in [0.5, 0.6) is 0 Å². The molecule has 0 aliphatic heterocycles. The highest BCUT2D eigenvalue weighted by molar-refractivity contribution is 5.39. The lowest BCUT2D eigenvalue weighted by atomic mass is 9.60. The van der Waals surface area contributed by atoms with Crippen LogP contribution in [0.1, 0.15) is 97.7 Å². The van der Waals surface area contributed by atoms with Gasteiger partial charge in [-0.3, -0.25) is 0 Å².